The average Bonchev–Trinajstić information content (AvgIpc) is 2.95. The quantitative estimate of drug-likeness (QED) is 0.856. The van der Waals surface area contributed by atoms with Crippen LogP contribution in [0.25, 0.3) is 11.0 Å². The van der Waals surface area contributed by atoms with Gasteiger partial charge in [-0.2, -0.15) is 0 Å². The summed E-state index contributed by atoms with van der Waals surface area (Å²) in [6.07, 6.45) is 4.74. The molecule has 0 radical (unpaired) electrons. The average molecular weight is 371 g/mol. The molecule has 1 aromatic carbocycles. The van der Waals surface area contributed by atoms with Crippen LogP contribution in [0.4, 0.5) is 0 Å². The summed E-state index contributed by atoms with van der Waals surface area (Å²) in [5.74, 6) is 0.783. The number of hydrogen-bond donors (Lipinski definition) is 1. The molecular weight excluding hydrogens is 354 g/mol. The minimum absolute atomic E-state index is 0.0599. The summed E-state index contributed by atoms with van der Waals surface area (Å²) in [5.41, 5.74) is 2.33. The summed E-state index contributed by atoms with van der Waals surface area (Å²) < 4.78 is 28.7. The minimum atomic E-state index is -3.40. The normalized spacial score (nSPS) is 18.3. The number of amidine groups is 1. The number of rotatable bonds is 3. The summed E-state index contributed by atoms with van der Waals surface area (Å²) in [6, 6.07) is 7.78. The fraction of sp³-hybridized carbons (Fsp3) is 0.235. The zero-order chi connectivity index (χ0) is 18.3. The van der Waals surface area contributed by atoms with Gasteiger partial charge in [-0.15, -0.1) is 4.40 Å². The van der Waals surface area contributed by atoms with E-state index in [1.807, 2.05) is 35.9 Å². The van der Waals surface area contributed by atoms with Gasteiger partial charge in [-0.05, 0) is 24.3 Å². The van der Waals surface area contributed by atoms with E-state index < -0.39 is 10.0 Å². The zero-order valence-corrected chi connectivity index (χ0v) is 14.9. The van der Waals surface area contributed by atoms with Crippen LogP contribution in [0.5, 0.6) is 0 Å². The highest BCUT2D eigenvalue weighted by molar-refractivity contribution is 7.90. The molecule has 2 aliphatic heterocycles. The SMILES string of the molecule is Cn1c(CNC(=O)C2=CN3CCS(=O)(=O)N=C3C=C2)nc2ccccc21. The zero-order valence-electron chi connectivity index (χ0n) is 14.1. The van der Waals surface area contributed by atoms with Crippen molar-refractivity contribution in [3.05, 3.63) is 54.0 Å². The van der Waals surface area contributed by atoms with Gasteiger partial charge in [0.2, 0.25) is 0 Å². The second-order valence-electron chi connectivity index (χ2n) is 6.11. The number of sulfonamides is 1. The number of nitrogens with one attached hydrogen (secondary N) is 1. The third-order valence-electron chi connectivity index (χ3n) is 4.37. The lowest BCUT2D eigenvalue weighted by molar-refractivity contribution is -0.117. The molecule has 0 fully saturated rings. The molecule has 2 aliphatic rings. The third kappa shape index (κ3) is 3.01. The Hall–Kier alpha value is -2.94. The summed E-state index contributed by atoms with van der Waals surface area (Å²) in [4.78, 5) is 18.6. The Morgan fingerprint density at radius 2 is 2.08 bits per heavy atom. The molecule has 3 heterocycles. The van der Waals surface area contributed by atoms with Crippen molar-refractivity contribution < 1.29 is 13.2 Å². The maximum atomic E-state index is 12.4. The molecule has 1 aromatic heterocycles. The number of fused-ring (bicyclic) bond motifs is 2. The predicted molar refractivity (Wildman–Crippen MR) is 97.7 cm³/mol. The molecule has 1 amide bonds. The van der Waals surface area contributed by atoms with Gasteiger partial charge in [0.05, 0.1) is 28.9 Å². The maximum Gasteiger partial charge on any atom is 0.256 e. The Bertz CT molecular complexity index is 1090. The number of aryl methyl sites for hydroxylation is 1. The molecule has 0 unspecified atom stereocenters. The molecule has 4 rings (SSSR count). The van der Waals surface area contributed by atoms with Crippen LogP contribution in [0, 0.1) is 0 Å². The van der Waals surface area contributed by atoms with Crippen molar-refractivity contribution in [1.29, 1.82) is 0 Å². The van der Waals surface area contributed by atoms with Crippen molar-refractivity contribution in [3.63, 3.8) is 0 Å². The second-order valence-corrected chi connectivity index (χ2v) is 7.86. The van der Waals surface area contributed by atoms with E-state index in [1.54, 1.807) is 23.3 Å². The summed E-state index contributed by atoms with van der Waals surface area (Å²) in [6.45, 7) is 0.581. The van der Waals surface area contributed by atoms with Crippen molar-refractivity contribution in [2.24, 2.45) is 11.4 Å². The monoisotopic (exact) mass is 371 g/mol. The summed E-state index contributed by atoms with van der Waals surface area (Å²) in [7, 11) is -1.49. The van der Waals surface area contributed by atoms with E-state index in [0.717, 1.165) is 16.9 Å². The van der Waals surface area contributed by atoms with Gasteiger partial charge in [-0.3, -0.25) is 4.79 Å². The van der Waals surface area contributed by atoms with Crippen LogP contribution in [-0.4, -0.2) is 46.9 Å². The highest BCUT2D eigenvalue weighted by atomic mass is 32.2. The molecule has 0 spiro atoms. The number of carbonyl (C=O) groups excluding carboxylic acids is 1. The van der Waals surface area contributed by atoms with E-state index in [2.05, 4.69) is 14.7 Å². The molecule has 0 aliphatic carbocycles. The topological polar surface area (TPSA) is 96.7 Å². The van der Waals surface area contributed by atoms with Crippen molar-refractivity contribution in [3.8, 4) is 0 Å². The second kappa shape index (κ2) is 6.10. The molecule has 26 heavy (non-hydrogen) atoms. The van der Waals surface area contributed by atoms with E-state index in [1.165, 1.54) is 0 Å². The van der Waals surface area contributed by atoms with Gasteiger partial charge >= 0.3 is 0 Å². The molecule has 9 heteroatoms. The molecule has 1 N–H and O–H groups in total. The molecule has 0 saturated heterocycles. The first-order valence-corrected chi connectivity index (χ1v) is 9.71. The molecule has 8 nitrogen and oxygen atoms in total. The number of carbonyl (C=O) groups is 1. The van der Waals surface area contributed by atoms with Gasteiger partial charge in [-0.1, -0.05) is 12.1 Å². The lowest BCUT2D eigenvalue weighted by Gasteiger charge is -2.26. The number of amides is 1. The molecule has 0 atom stereocenters. The Morgan fingerprint density at radius 1 is 1.27 bits per heavy atom. The third-order valence-corrected chi connectivity index (χ3v) is 5.54. The first kappa shape index (κ1) is 16.5. The van der Waals surface area contributed by atoms with Crippen molar-refractivity contribution >= 4 is 32.8 Å². The fourth-order valence-electron chi connectivity index (χ4n) is 2.95. The molecule has 0 saturated carbocycles. The van der Waals surface area contributed by atoms with Crippen LogP contribution in [-0.2, 0) is 28.4 Å². The number of imidazole rings is 1. The van der Waals surface area contributed by atoms with E-state index in [-0.39, 0.29) is 18.2 Å². The van der Waals surface area contributed by atoms with Crippen LogP contribution in [0.15, 0.2) is 52.6 Å². The predicted octanol–water partition coefficient (Wildman–Crippen LogP) is 0.687. The summed E-state index contributed by atoms with van der Waals surface area (Å²) in [5, 5.41) is 2.86. The molecule has 2 aromatic rings. The molecule has 0 bridgehead atoms. The van der Waals surface area contributed by atoms with Gasteiger partial charge in [0, 0.05) is 19.8 Å². The van der Waals surface area contributed by atoms with Crippen molar-refractivity contribution in [2.45, 2.75) is 6.54 Å². The Labute approximate surface area is 150 Å². The first-order chi connectivity index (χ1) is 12.4. The van der Waals surface area contributed by atoms with Crippen molar-refractivity contribution in [2.75, 3.05) is 12.3 Å². The maximum absolute atomic E-state index is 12.4. The standard InChI is InChI=1S/C17H17N5O3S/c1-21-14-5-3-2-4-13(14)19-16(21)10-18-17(23)12-6-7-15-20-26(24,25)9-8-22(15)11-12/h2-7,11H,8-10H2,1H3,(H,18,23). The number of hydrogen-bond acceptors (Lipinski definition) is 5. The highest BCUT2D eigenvalue weighted by Gasteiger charge is 2.25. The lowest BCUT2D eigenvalue weighted by atomic mass is 10.2. The van der Waals surface area contributed by atoms with Crippen LogP contribution >= 0.6 is 0 Å². The number of benzene rings is 1. The van der Waals surface area contributed by atoms with E-state index in [0.29, 0.717) is 18.0 Å². The van der Waals surface area contributed by atoms with Gasteiger partial charge < -0.3 is 14.8 Å². The Balaban J connectivity index is 1.48. The minimum Gasteiger partial charge on any atom is -0.345 e. The van der Waals surface area contributed by atoms with Gasteiger partial charge in [0.15, 0.2) is 0 Å². The molecule has 134 valence electrons. The number of para-hydroxylation sites is 2. The van der Waals surface area contributed by atoms with Crippen LogP contribution in [0.2, 0.25) is 0 Å². The van der Waals surface area contributed by atoms with Gasteiger partial charge in [-0.25, -0.2) is 13.4 Å². The van der Waals surface area contributed by atoms with Crippen LogP contribution in [0.1, 0.15) is 5.82 Å². The number of nitrogens with zero attached hydrogens (tertiary/aromatic N) is 4. The smallest absolute Gasteiger partial charge is 0.256 e. The lowest BCUT2D eigenvalue weighted by Crippen LogP contribution is -2.38. The van der Waals surface area contributed by atoms with Gasteiger partial charge in [0.25, 0.3) is 15.9 Å². The van der Waals surface area contributed by atoms with Crippen molar-refractivity contribution in [1.82, 2.24) is 19.8 Å². The number of aromatic nitrogens is 2. The van der Waals surface area contributed by atoms with Gasteiger partial charge in [0.1, 0.15) is 11.7 Å². The fourth-order valence-corrected chi connectivity index (χ4v) is 3.92. The van der Waals surface area contributed by atoms with E-state index in [9.17, 15) is 13.2 Å². The van der Waals surface area contributed by atoms with Crippen LogP contribution in [0.3, 0.4) is 0 Å². The first-order valence-electron chi connectivity index (χ1n) is 8.11. The summed E-state index contributed by atoms with van der Waals surface area (Å²) >= 11 is 0. The van der Waals surface area contributed by atoms with E-state index >= 15 is 0 Å². The molecular formula is C17H17N5O3S. The Morgan fingerprint density at radius 3 is 2.88 bits per heavy atom. The Kier molecular flexibility index (Phi) is 3.87. The van der Waals surface area contributed by atoms with Crippen LogP contribution < -0.4 is 5.32 Å². The highest BCUT2D eigenvalue weighted by Crippen LogP contribution is 2.17. The largest absolute Gasteiger partial charge is 0.345 e. The van der Waals surface area contributed by atoms with E-state index in [4.69, 9.17) is 0 Å².